The van der Waals surface area contributed by atoms with E-state index in [4.69, 9.17) is 76.6 Å². The van der Waals surface area contributed by atoms with Crippen LogP contribution in [0.3, 0.4) is 0 Å². The molecule has 0 atom stereocenters. The zero-order valence-electron chi connectivity index (χ0n) is 9.55. The van der Waals surface area contributed by atoms with Crippen molar-refractivity contribution in [2.24, 2.45) is 0 Å². The van der Waals surface area contributed by atoms with Gasteiger partial charge in [0.2, 0.25) is 0 Å². The fourth-order valence-corrected chi connectivity index (χ4v) is 0. The van der Waals surface area contributed by atoms with Crippen LogP contribution in [0.4, 0.5) is 0 Å². The van der Waals surface area contributed by atoms with Gasteiger partial charge in [-0.15, -0.1) is 50.6 Å². The molecule has 136 valence electrons. The van der Waals surface area contributed by atoms with E-state index in [2.05, 4.69) is 0 Å². The van der Waals surface area contributed by atoms with Gasteiger partial charge in [-0.25, -0.2) is 0 Å². The molecule has 0 aliphatic heterocycles. The van der Waals surface area contributed by atoms with Crippen molar-refractivity contribution in [2.45, 2.75) is 0 Å². The molecule has 0 aliphatic rings. The molecule has 0 fully saturated rings. The largest absolute Gasteiger partial charge is 0.412 e. The maximum atomic E-state index is 8.36. The Morgan fingerprint density at radius 3 is 0.409 bits per heavy atom. The number of hydrogen-bond acceptors (Lipinski definition) is 10. The summed E-state index contributed by atoms with van der Waals surface area (Å²) in [4.78, 5) is 41.8. The lowest BCUT2D eigenvalue weighted by Crippen LogP contribution is -1.81. The molecule has 9 N–H and O–H groups in total. The van der Waals surface area contributed by atoms with E-state index in [1.54, 1.807) is 0 Å². The van der Waals surface area contributed by atoms with E-state index < -0.39 is 25.4 Å². The topological polar surface area (TPSA) is 380 Å². The van der Waals surface area contributed by atoms with E-state index in [0.29, 0.717) is 0 Å². The fraction of sp³-hybridized carbons (Fsp3) is 0. The molecule has 0 heterocycles. The van der Waals surface area contributed by atoms with Gasteiger partial charge in [-0.05, 0) is 0 Å². The lowest BCUT2D eigenvalue weighted by molar-refractivity contribution is -0.742. The van der Waals surface area contributed by atoms with Crippen LogP contribution in [0.5, 0.6) is 0 Å². The van der Waals surface area contributed by atoms with E-state index >= 15 is 0 Å². The highest BCUT2D eigenvalue weighted by Gasteiger charge is 1.66. The maximum Gasteiger partial charge on any atom is 0.291 e. The molecule has 0 aromatic carbocycles. The van der Waals surface area contributed by atoms with E-state index in [0.717, 1.165) is 0 Å². The van der Waals surface area contributed by atoms with Crippen molar-refractivity contribution in [2.75, 3.05) is 0 Å². The molecule has 0 bridgehead atoms. The highest BCUT2D eigenvalue weighted by Crippen LogP contribution is 1.39. The average Bonchev–Trinajstić information content (AvgIpc) is 1.94. The predicted molar refractivity (Wildman–Crippen MR) is 51.1 cm³/mol. The van der Waals surface area contributed by atoms with Gasteiger partial charge in [0, 0.05) is 0 Å². The van der Waals surface area contributed by atoms with Crippen molar-refractivity contribution in [3.63, 3.8) is 0 Å². The third-order valence-corrected chi connectivity index (χ3v) is 0. The first-order valence-corrected chi connectivity index (χ1v) is 2.83. The predicted octanol–water partition coefficient (Wildman–Crippen LogP) is -3.39. The van der Waals surface area contributed by atoms with Crippen molar-refractivity contribution in [1.29, 1.82) is 0 Å². The second-order valence-electron chi connectivity index (χ2n) is 1.19. The molecule has 22 heavy (non-hydrogen) atoms. The van der Waals surface area contributed by atoms with Crippen LogP contribution in [-0.2, 0) is 0 Å². The van der Waals surface area contributed by atoms with Gasteiger partial charge >= 0.3 is 0 Å². The highest BCUT2D eigenvalue weighted by atomic mass is 16.9. The molecule has 0 aromatic rings. The molecule has 0 aromatic heterocycles. The van der Waals surface area contributed by atoms with Crippen molar-refractivity contribution in [3.8, 4) is 0 Å². The number of hydrogen-bond donors (Lipinski definition) is 5. The third-order valence-electron chi connectivity index (χ3n) is 0. The minimum atomic E-state index is -1.50. The second-order valence-corrected chi connectivity index (χ2v) is 1.19. The first kappa shape index (κ1) is 43.0. The summed E-state index contributed by atoms with van der Waals surface area (Å²) in [6, 6.07) is 0. The number of rotatable bonds is 0. The summed E-state index contributed by atoms with van der Waals surface area (Å²) in [5.41, 5.74) is 0. The van der Waals surface area contributed by atoms with Gasteiger partial charge in [0.1, 0.15) is 0 Å². The zero-order chi connectivity index (χ0) is 17.9. The Bertz CT molecular complexity index is 202. The van der Waals surface area contributed by atoms with E-state index in [-0.39, 0.29) is 11.0 Å². The van der Waals surface area contributed by atoms with Crippen molar-refractivity contribution < 1.29 is 62.4 Å². The van der Waals surface area contributed by atoms with Gasteiger partial charge < -0.3 is 37.0 Å². The minimum Gasteiger partial charge on any atom is -0.412 e. The Morgan fingerprint density at radius 2 is 0.409 bits per heavy atom. The molecule has 0 saturated heterocycles. The fourth-order valence-electron chi connectivity index (χ4n) is 0. The van der Waals surface area contributed by atoms with Crippen LogP contribution in [0.15, 0.2) is 0 Å². The van der Waals surface area contributed by atoms with Crippen LogP contribution < -0.4 is 0 Å². The lowest BCUT2D eigenvalue weighted by Gasteiger charge is -1.56. The van der Waals surface area contributed by atoms with Crippen LogP contribution in [0.2, 0.25) is 0 Å². The zero-order valence-corrected chi connectivity index (χ0v) is 9.55. The molecule has 0 rings (SSSR count). The van der Waals surface area contributed by atoms with Gasteiger partial charge in [0.15, 0.2) is 0 Å². The quantitative estimate of drug-likeness (QED) is 0.209. The van der Waals surface area contributed by atoms with Gasteiger partial charge in [0.25, 0.3) is 25.4 Å². The van der Waals surface area contributed by atoms with Crippen LogP contribution >= 0.6 is 0 Å². The average molecular weight is 351 g/mol. The van der Waals surface area contributed by atoms with E-state index in [1.165, 1.54) is 0 Å². The normalized spacial score (nSPS) is 5.45. The van der Waals surface area contributed by atoms with Crippen molar-refractivity contribution in [3.05, 3.63) is 50.6 Å². The minimum absolute atomic E-state index is 0. The molecule has 0 spiro atoms. The first-order chi connectivity index (χ1) is 8.66. The molecule has 0 saturated carbocycles. The Hall–Kier alpha value is -4.08. The summed E-state index contributed by atoms with van der Waals surface area (Å²) in [5.74, 6) is 0. The van der Waals surface area contributed by atoms with Crippen molar-refractivity contribution >= 4 is 0 Å². The molecule has 0 radical (unpaired) electrons. The summed E-state index contributed by atoms with van der Waals surface area (Å²) in [5, 5.41) is 68.2. The Kier molecular flexibility index (Phi) is 70.3. The second kappa shape index (κ2) is 36.0. The molecule has 22 nitrogen and oxygen atoms in total. The summed E-state index contributed by atoms with van der Waals surface area (Å²) >= 11 is 0. The van der Waals surface area contributed by atoms with Crippen LogP contribution in [0.25, 0.3) is 0 Å². The van der Waals surface area contributed by atoms with Crippen molar-refractivity contribution in [1.82, 2.24) is 0 Å². The summed E-state index contributed by atoms with van der Waals surface area (Å²) < 4.78 is 0. The summed E-state index contributed by atoms with van der Waals surface area (Å²) in [6.07, 6.45) is 0. The molecule has 0 aliphatic carbocycles. The molecule has 0 amide bonds. The van der Waals surface area contributed by atoms with Gasteiger partial charge in [-0.1, -0.05) is 0 Å². The Balaban J connectivity index is -0.0000000250. The standard InChI is InChI=1S/5HNO3.2H2O/c5*2-1(3)4;;/h5*(H,2,3,4);2*1H2. The lowest BCUT2D eigenvalue weighted by atomic mass is 13.1. The monoisotopic (exact) mass is 351 g/mol. The highest BCUT2D eigenvalue weighted by molar-refractivity contribution is 3.84. The number of nitrogens with zero attached hydrogens (tertiary/aromatic N) is 5. The van der Waals surface area contributed by atoms with Gasteiger partial charge in [-0.3, -0.25) is 0 Å². The van der Waals surface area contributed by atoms with Crippen LogP contribution in [-0.4, -0.2) is 62.4 Å². The van der Waals surface area contributed by atoms with Gasteiger partial charge in [0.05, 0.1) is 0 Å². The van der Waals surface area contributed by atoms with Crippen LogP contribution in [0, 0.1) is 50.6 Å². The van der Waals surface area contributed by atoms with Gasteiger partial charge in [-0.2, -0.15) is 0 Å². The van der Waals surface area contributed by atoms with E-state index in [9.17, 15) is 0 Å². The smallest absolute Gasteiger partial charge is 0.291 e. The Morgan fingerprint density at radius 1 is 0.409 bits per heavy atom. The van der Waals surface area contributed by atoms with Crippen LogP contribution in [0.1, 0.15) is 0 Å². The first-order valence-electron chi connectivity index (χ1n) is 2.83. The molecular weight excluding hydrogens is 342 g/mol. The maximum absolute atomic E-state index is 8.36. The SMILES string of the molecule is O.O.O=[N+]([O-])O.O=[N+]([O-])O.O=[N+]([O-])O.O=[N+]([O-])O.O=[N+]([O-])O. The molecule has 0 unspecified atom stereocenters. The molecular formula is H9N5O17. The third kappa shape index (κ3) is 213. The van der Waals surface area contributed by atoms with E-state index in [1.807, 2.05) is 0 Å². The summed E-state index contributed by atoms with van der Waals surface area (Å²) in [6.45, 7) is 0. The Labute approximate surface area is 114 Å². The summed E-state index contributed by atoms with van der Waals surface area (Å²) in [7, 11) is 0. The molecule has 22 heteroatoms.